The fourth-order valence-electron chi connectivity index (χ4n) is 1.77. The second-order valence-corrected chi connectivity index (χ2v) is 4.42. The van der Waals surface area contributed by atoms with Crippen LogP contribution in [0.2, 0.25) is 0 Å². The van der Waals surface area contributed by atoms with Gasteiger partial charge < -0.3 is 5.32 Å². The number of hydrogen-bond donors (Lipinski definition) is 1. The fraction of sp³-hybridized carbons (Fsp3) is 0.200. The average Bonchev–Trinajstić information content (AvgIpc) is 2.36. The van der Waals surface area contributed by atoms with Gasteiger partial charge in [0.05, 0.1) is 5.56 Å². The van der Waals surface area contributed by atoms with Crippen molar-refractivity contribution in [1.82, 2.24) is 0 Å². The van der Waals surface area contributed by atoms with E-state index in [2.05, 4.69) is 5.32 Å². The molecule has 0 amide bonds. The van der Waals surface area contributed by atoms with E-state index >= 15 is 0 Å². The van der Waals surface area contributed by atoms with E-state index in [4.69, 9.17) is 0 Å². The lowest BCUT2D eigenvalue weighted by Gasteiger charge is -2.09. The third-order valence-corrected chi connectivity index (χ3v) is 2.80. The van der Waals surface area contributed by atoms with Crippen LogP contribution < -0.4 is 5.32 Å². The van der Waals surface area contributed by atoms with Crippen molar-refractivity contribution in [2.75, 3.05) is 5.32 Å². The lowest BCUT2D eigenvalue weighted by Crippen LogP contribution is -2.05. The topological polar surface area (TPSA) is 12.0 Å². The van der Waals surface area contributed by atoms with E-state index in [9.17, 15) is 13.2 Å². The van der Waals surface area contributed by atoms with Crippen LogP contribution in [-0.4, -0.2) is 0 Å². The van der Waals surface area contributed by atoms with Crippen LogP contribution in [-0.2, 0) is 12.7 Å². The Bertz CT molecular complexity index is 544. The number of aryl methyl sites for hydroxylation is 1. The van der Waals surface area contributed by atoms with Gasteiger partial charge in [0.15, 0.2) is 0 Å². The van der Waals surface area contributed by atoms with Crippen molar-refractivity contribution in [3.63, 3.8) is 0 Å². The van der Waals surface area contributed by atoms with E-state index in [1.165, 1.54) is 12.1 Å². The molecule has 0 atom stereocenters. The molecule has 0 radical (unpaired) electrons. The molecule has 2 rings (SSSR count). The predicted octanol–water partition coefficient (Wildman–Crippen LogP) is 4.63. The number of halogens is 3. The molecule has 0 aliphatic rings. The maximum absolute atomic E-state index is 12.4. The zero-order chi connectivity index (χ0) is 13.9. The molecule has 0 saturated carbocycles. The normalized spacial score (nSPS) is 11.4. The van der Waals surface area contributed by atoms with E-state index in [-0.39, 0.29) is 0 Å². The molecule has 0 spiro atoms. The molecule has 0 fully saturated rings. The maximum atomic E-state index is 12.4. The Kier molecular flexibility index (Phi) is 3.79. The zero-order valence-corrected chi connectivity index (χ0v) is 10.5. The molecule has 100 valence electrons. The molecule has 0 unspecified atom stereocenters. The molecule has 0 saturated heterocycles. The Morgan fingerprint density at radius 2 is 1.68 bits per heavy atom. The minimum absolute atomic E-state index is 0.502. The van der Waals surface area contributed by atoms with Crippen molar-refractivity contribution in [1.29, 1.82) is 0 Å². The van der Waals surface area contributed by atoms with Crippen molar-refractivity contribution < 1.29 is 13.2 Å². The first-order chi connectivity index (χ1) is 8.95. The van der Waals surface area contributed by atoms with Gasteiger partial charge in [-0.15, -0.1) is 0 Å². The maximum Gasteiger partial charge on any atom is 0.416 e. The molecule has 19 heavy (non-hydrogen) atoms. The van der Waals surface area contributed by atoms with Crippen LogP contribution in [0.3, 0.4) is 0 Å². The second kappa shape index (κ2) is 5.34. The molecule has 2 aromatic rings. The van der Waals surface area contributed by atoms with Crippen molar-refractivity contribution in [2.24, 2.45) is 0 Å². The summed E-state index contributed by atoms with van der Waals surface area (Å²) in [5.74, 6) is 0. The molecule has 2 aromatic carbocycles. The van der Waals surface area contributed by atoms with E-state index < -0.39 is 11.7 Å². The summed E-state index contributed by atoms with van der Waals surface area (Å²) in [5.41, 5.74) is 2.29. The smallest absolute Gasteiger partial charge is 0.381 e. The van der Waals surface area contributed by atoms with E-state index in [1.807, 2.05) is 31.2 Å². The van der Waals surface area contributed by atoms with Gasteiger partial charge in [-0.25, -0.2) is 0 Å². The van der Waals surface area contributed by atoms with Gasteiger partial charge in [0, 0.05) is 12.2 Å². The van der Waals surface area contributed by atoms with Crippen molar-refractivity contribution >= 4 is 5.69 Å². The first-order valence-electron chi connectivity index (χ1n) is 5.92. The third-order valence-electron chi connectivity index (χ3n) is 2.80. The number of alkyl halides is 3. The van der Waals surface area contributed by atoms with Gasteiger partial charge in [0.2, 0.25) is 0 Å². The molecule has 0 aliphatic heterocycles. The highest BCUT2D eigenvalue weighted by Crippen LogP contribution is 2.29. The van der Waals surface area contributed by atoms with Crippen LogP contribution in [0.25, 0.3) is 0 Å². The van der Waals surface area contributed by atoms with Gasteiger partial charge in [-0.05, 0) is 42.3 Å². The second-order valence-electron chi connectivity index (χ2n) is 4.42. The Balaban J connectivity index is 2.01. The largest absolute Gasteiger partial charge is 0.416 e. The molecule has 0 heterocycles. The summed E-state index contributed by atoms with van der Waals surface area (Å²) in [4.78, 5) is 0. The molecule has 0 bridgehead atoms. The summed E-state index contributed by atoms with van der Waals surface area (Å²) in [6.45, 7) is 2.49. The summed E-state index contributed by atoms with van der Waals surface area (Å²) >= 11 is 0. The zero-order valence-electron chi connectivity index (χ0n) is 10.5. The highest BCUT2D eigenvalue weighted by atomic mass is 19.4. The summed E-state index contributed by atoms with van der Waals surface area (Å²) in [6.07, 6.45) is -4.28. The van der Waals surface area contributed by atoms with Crippen molar-refractivity contribution in [3.8, 4) is 0 Å². The summed E-state index contributed by atoms with van der Waals surface area (Å²) in [7, 11) is 0. The van der Waals surface area contributed by atoms with E-state index in [0.29, 0.717) is 6.54 Å². The Morgan fingerprint density at radius 1 is 1.00 bits per heavy atom. The number of hydrogen-bond acceptors (Lipinski definition) is 1. The van der Waals surface area contributed by atoms with Gasteiger partial charge in [-0.3, -0.25) is 0 Å². The lowest BCUT2D eigenvalue weighted by atomic mass is 10.1. The van der Waals surface area contributed by atoms with Crippen LogP contribution in [0, 0.1) is 6.92 Å². The minimum atomic E-state index is -4.28. The highest BCUT2D eigenvalue weighted by molar-refractivity contribution is 5.46. The van der Waals surface area contributed by atoms with Crippen LogP contribution in [0.15, 0.2) is 48.5 Å². The fourth-order valence-corrected chi connectivity index (χ4v) is 1.77. The number of benzene rings is 2. The Hall–Kier alpha value is -1.97. The van der Waals surface area contributed by atoms with Gasteiger partial charge in [-0.1, -0.05) is 24.3 Å². The summed E-state index contributed by atoms with van der Waals surface area (Å²) in [6, 6.07) is 13.0. The number of anilines is 1. The highest BCUT2D eigenvalue weighted by Gasteiger charge is 2.29. The molecule has 1 nitrogen and oxygen atoms in total. The van der Waals surface area contributed by atoms with E-state index in [0.717, 1.165) is 28.9 Å². The average molecular weight is 265 g/mol. The van der Waals surface area contributed by atoms with Gasteiger partial charge in [0.25, 0.3) is 0 Å². The van der Waals surface area contributed by atoms with Crippen LogP contribution in [0.1, 0.15) is 16.7 Å². The molecular weight excluding hydrogens is 251 g/mol. The predicted molar refractivity (Wildman–Crippen MR) is 69.9 cm³/mol. The quantitative estimate of drug-likeness (QED) is 0.853. The molecule has 4 heteroatoms. The third kappa shape index (κ3) is 3.74. The summed E-state index contributed by atoms with van der Waals surface area (Å²) < 4.78 is 37.2. The lowest BCUT2D eigenvalue weighted by molar-refractivity contribution is -0.137. The van der Waals surface area contributed by atoms with Crippen LogP contribution in [0.5, 0.6) is 0 Å². The van der Waals surface area contributed by atoms with Gasteiger partial charge in [0.1, 0.15) is 0 Å². The Morgan fingerprint density at radius 3 is 2.26 bits per heavy atom. The van der Waals surface area contributed by atoms with Gasteiger partial charge in [-0.2, -0.15) is 13.2 Å². The monoisotopic (exact) mass is 265 g/mol. The first kappa shape index (κ1) is 13.5. The molecule has 0 aromatic heterocycles. The number of nitrogens with one attached hydrogen (secondary N) is 1. The van der Waals surface area contributed by atoms with Crippen molar-refractivity contribution in [2.45, 2.75) is 19.6 Å². The SMILES string of the molecule is Cc1cccc(NCc2ccc(C(F)(F)F)cc2)c1. The van der Waals surface area contributed by atoms with Gasteiger partial charge >= 0.3 is 6.18 Å². The van der Waals surface area contributed by atoms with E-state index in [1.54, 1.807) is 0 Å². The molecular formula is C15H14F3N. The standard InChI is InChI=1S/C15H14F3N/c1-11-3-2-4-14(9-11)19-10-12-5-7-13(8-6-12)15(16,17)18/h2-9,19H,10H2,1H3. The van der Waals surface area contributed by atoms with Crippen molar-refractivity contribution in [3.05, 3.63) is 65.2 Å². The summed E-state index contributed by atoms with van der Waals surface area (Å²) in [5, 5.41) is 3.18. The minimum Gasteiger partial charge on any atom is -0.381 e. The molecule has 1 N–H and O–H groups in total. The Labute approximate surface area is 110 Å². The van der Waals surface area contributed by atoms with Crippen LogP contribution >= 0.6 is 0 Å². The molecule has 0 aliphatic carbocycles. The number of rotatable bonds is 3. The first-order valence-corrected chi connectivity index (χ1v) is 5.92. The van der Waals surface area contributed by atoms with Crippen LogP contribution in [0.4, 0.5) is 18.9 Å².